The number of benzene rings is 3. The second kappa shape index (κ2) is 8.58. The van der Waals surface area contributed by atoms with E-state index in [0.717, 1.165) is 5.75 Å². The first-order valence-corrected chi connectivity index (χ1v) is 8.12. The van der Waals surface area contributed by atoms with Crippen LogP contribution < -0.4 is 19.5 Å². The molecular weight excluding hydrogens is 330 g/mol. The Labute approximate surface area is 152 Å². The van der Waals surface area contributed by atoms with Crippen molar-refractivity contribution in [2.45, 2.75) is 0 Å². The van der Waals surface area contributed by atoms with Gasteiger partial charge in [-0.2, -0.15) is 0 Å². The van der Waals surface area contributed by atoms with Crippen LogP contribution in [0, 0.1) is 0 Å². The molecule has 0 saturated carbocycles. The maximum Gasteiger partial charge on any atom is 0.262 e. The zero-order chi connectivity index (χ0) is 18.2. The first-order chi connectivity index (χ1) is 12.7. The first kappa shape index (κ1) is 17.4. The van der Waals surface area contributed by atoms with E-state index in [2.05, 4.69) is 5.32 Å². The summed E-state index contributed by atoms with van der Waals surface area (Å²) >= 11 is 0. The highest BCUT2D eigenvalue weighted by molar-refractivity contribution is 5.92. The zero-order valence-corrected chi connectivity index (χ0v) is 14.3. The second-order valence-corrected chi connectivity index (χ2v) is 5.46. The molecule has 0 saturated heterocycles. The Hall–Kier alpha value is -3.47. The minimum absolute atomic E-state index is 0.105. The van der Waals surface area contributed by atoms with Crippen molar-refractivity contribution in [2.24, 2.45) is 0 Å². The largest absolute Gasteiger partial charge is 0.497 e. The van der Waals surface area contributed by atoms with Crippen molar-refractivity contribution < 1.29 is 19.0 Å². The number of amides is 1. The number of nitrogens with one attached hydrogen (secondary N) is 1. The van der Waals surface area contributed by atoms with Gasteiger partial charge in [0, 0.05) is 17.8 Å². The maximum atomic E-state index is 12.1. The van der Waals surface area contributed by atoms with Crippen LogP contribution in [0.1, 0.15) is 0 Å². The third-order valence-corrected chi connectivity index (χ3v) is 3.51. The molecule has 0 atom stereocenters. The molecule has 5 heteroatoms. The number of hydrogen-bond acceptors (Lipinski definition) is 4. The summed E-state index contributed by atoms with van der Waals surface area (Å²) < 4.78 is 16.4. The summed E-state index contributed by atoms with van der Waals surface area (Å²) in [5, 5.41) is 2.77. The van der Waals surface area contributed by atoms with Gasteiger partial charge in [0.15, 0.2) is 6.61 Å². The molecule has 5 nitrogen and oxygen atoms in total. The van der Waals surface area contributed by atoms with Crippen LogP contribution in [-0.4, -0.2) is 19.6 Å². The average Bonchev–Trinajstić information content (AvgIpc) is 2.68. The molecule has 0 aliphatic heterocycles. The predicted octanol–water partition coefficient (Wildman–Crippen LogP) is 4.51. The van der Waals surface area contributed by atoms with Crippen molar-refractivity contribution in [1.29, 1.82) is 0 Å². The van der Waals surface area contributed by atoms with Crippen LogP contribution in [0.25, 0.3) is 0 Å². The second-order valence-electron chi connectivity index (χ2n) is 5.46. The molecule has 0 aliphatic rings. The Morgan fingerprint density at radius 3 is 2.31 bits per heavy atom. The molecule has 0 unspecified atom stereocenters. The van der Waals surface area contributed by atoms with Crippen LogP contribution in [0.15, 0.2) is 78.9 Å². The van der Waals surface area contributed by atoms with Gasteiger partial charge in [0.2, 0.25) is 0 Å². The Morgan fingerprint density at radius 2 is 1.50 bits per heavy atom. The van der Waals surface area contributed by atoms with Crippen molar-refractivity contribution in [2.75, 3.05) is 19.0 Å². The third kappa shape index (κ3) is 5.01. The molecule has 0 aromatic heterocycles. The van der Waals surface area contributed by atoms with Gasteiger partial charge >= 0.3 is 0 Å². The molecule has 132 valence electrons. The number of para-hydroxylation sites is 1. The highest BCUT2D eigenvalue weighted by atomic mass is 16.5. The molecule has 26 heavy (non-hydrogen) atoms. The standard InChI is InChI=1S/C21H19NO4/c1-24-18-10-5-7-16(13-18)22-21(23)15-25-19-11-6-12-20(14-19)26-17-8-3-2-4-9-17/h2-14H,15H2,1H3,(H,22,23). The lowest BCUT2D eigenvalue weighted by Crippen LogP contribution is -2.20. The summed E-state index contributed by atoms with van der Waals surface area (Å²) in [6.07, 6.45) is 0. The van der Waals surface area contributed by atoms with Gasteiger partial charge in [-0.25, -0.2) is 0 Å². The van der Waals surface area contributed by atoms with E-state index >= 15 is 0 Å². The molecule has 0 heterocycles. The molecule has 0 radical (unpaired) electrons. The Kier molecular flexibility index (Phi) is 5.72. The summed E-state index contributed by atoms with van der Waals surface area (Å²) in [6.45, 7) is -0.105. The summed E-state index contributed by atoms with van der Waals surface area (Å²) in [7, 11) is 1.58. The molecule has 1 N–H and O–H groups in total. The van der Waals surface area contributed by atoms with Crippen molar-refractivity contribution in [3.05, 3.63) is 78.9 Å². The normalized spacial score (nSPS) is 10.0. The molecule has 0 spiro atoms. The van der Waals surface area contributed by atoms with Crippen LogP contribution in [-0.2, 0) is 4.79 Å². The van der Waals surface area contributed by atoms with Crippen molar-refractivity contribution in [1.82, 2.24) is 0 Å². The monoisotopic (exact) mass is 349 g/mol. The summed E-state index contributed by atoms with van der Waals surface area (Å²) in [5.74, 6) is 2.35. The van der Waals surface area contributed by atoms with Crippen LogP contribution in [0.3, 0.4) is 0 Å². The quantitative estimate of drug-likeness (QED) is 0.682. The fourth-order valence-corrected chi connectivity index (χ4v) is 2.30. The van der Waals surface area contributed by atoms with E-state index in [1.54, 1.807) is 37.4 Å². The highest BCUT2D eigenvalue weighted by Crippen LogP contribution is 2.25. The van der Waals surface area contributed by atoms with Gasteiger partial charge in [-0.15, -0.1) is 0 Å². The fourth-order valence-electron chi connectivity index (χ4n) is 2.30. The molecule has 3 rings (SSSR count). The average molecular weight is 349 g/mol. The van der Waals surface area contributed by atoms with Crippen molar-refractivity contribution >= 4 is 11.6 Å². The molecule has 0 fully saturated rings. The smallest absolute Gasteiger partial charge is 0.262 e. The number of methoxy groups -OCH3 is 1. The molecule has 0 bridgehead atoms. The Balaban J connectivity index is 1.55. The number of ether oxygens (including phenoxy) is 3. The van der Waals surface area contributed by atoms with Gasteiger partial charge in [0.1, 0.15) is 23.0 Å². The SMILES string of the molecule is COc1cccc(NC(=O)COc2cccc(Oc3ccccc3)c2)c1. The first-order valence-electron chi connectivity index (χ1n) is 8.12. The fraction of sp³-hybridized carbons (Fsp3) is 0.0952. The van der Waals surface area contributed by atoms with E-state index < -0.39 is 0 Å². The highest BCUT2D eigenvalue weighted by Gasteiger charge is 2.06. The van der Waals surface area contributed by atoms with Gasteiger partial charge in [0.05, 0.1) is 7.11 Å². The minimum Gasteiger partial charge on any atom is -0.497 e. The molecule has 1 amide bonds. The topological polar surface area (TPSA) is 56.8 Å². The lowest BCUT2D eigenvalue weighted by Gasteiger charge is -2.10. The van der Waals surface area contributed by atoms with E-state index in [9.17, 15) is 4.79 Å². The third-order valence-electron chi connectivity index (χ3n) is 3.51. The molecule has 3 aromatic rings. The van der Waals surface area contributed by atoms with Crippen molar-refractivity contribution in [3.63, 3.8) is 0 Å². The van der Waals surface area contributed by atoms with E-state index in [1.165, 1.54) is 0 Å². The number of hydrogen-bond donors (Lipinski definition) is 1. The Morgan fingerprint density at radius 1 is 0.808 bits per heavy atom. The summed E-state index contributed by atoms with van der Waals surface area (Å²) in [6, 6.07) is 23.8. The van der Waals surface area contributed by atoms with Gasteiger partial charge in [-0.05, 0) is 36.4 Å². The predicted molar refractivity (Wildman–Crippen MR) is 100 cm³/mol. The molecular formula is C21H19NO4. The van der Waals surface area contributed by atoms with Crippen molar-refractivity contribution in [3.8, 4) is 23.0 Å². The number of carbonyl (C=O) groups is 1. The lowest BCUT2D eigenvalue weighted by molar-refractivity contribution is -0.118. The lowest BCUT2D eigenvalue weighted by atomic mass is 10.3. The van der Waals surface area contributed by atoms with E-state index in [-0.39, 0.29) is 12.5 Å². The van der Waals surface area contributed by atoms with E-state index in [1.807, 2.05) is 48.5 Å². The van der Waals surface area contributed by atoms with Crippen LogP contribution >= 0.6 is 0 Å². The maximum absolute atomic E-state index is 12.1. The van der Waals surface area contributed by atoms with Gasteiger partial charge in [0.25, 0.3) is 5.91 Å². The van der Waals surface area contributed by atoms with E-state index in [4.69, 9.17) is 14.2 Å². The van der Waals surface area contributed by atoms with Crippen LogP contribution in [0.2, 0.25) is 0 Å². The number of anilines is 1. The Bertz CT molecular complexity index is 865. The minimum atomic E-state index is -0.257. The van der Waals surface area contributed by atoms with Gasteiger partial charge in [-0.3, -0.25) is 4.79 Å². The summed E-state index contributed by atoms with van der Waals surface area (Å²) in [4.78, 5) is 12.1. The zero-order valence-electron chi connectivity index (χ0n) is 14.3. The van der Waals surface area contributed by atoms with E-state index in [0.29, 0.717) is 22.9 Å². The molecule has 0 aliphatic carbocycles. The van der Waals surface area contributed by atoms with Gasteiger partial charge in [-0.1, -0.05) is 30.3 Å². The van der Waals surface area contributed by atoms with Gasteiger partial charge < -0.3 is 19.5 Å². The van der Waals surface area contributed by atoms with Crippen LogP contribution in [0.5, 0.6) is 23.0 Å². The molecule has 3 aromatic carbocycles. The summed E-state index contributed by atoms with van der Waals surface area (Å²) in [5.41, 5.74) is 0.652. The van der Waals surface area contributed by atoms with Crippen LogP contribution in [0.4, 0.5) is 5.69 Å². The number of carbonyl (C=O) groups excluding carboxylic acids is 1. The number of rotatable bonds is 7.